The van der Waals surface area contributed by atoms with Crippen molar-refractivity contribution in [3.8, 4) is 0 Å². The molecule has 1 fully saturated rings. The molecule has 14 heavy (non-hydrogen) atoms. The van der Waals surface area contributed by atoms with E-state index in [-0.39, 0.29) is 0 Å². The number of fused-ring (bicyclic) bond motifs is 3. The first-order valence-corrected chi connectivity index (χ1v) is 5.29. The van der Waals surface area contributed by atoms with Gasteiger partial charge < -0.3 is 10.2 Å². The predicted octanol–water partition coefficient (Wildman–Crippen LogP) is 0.804. The molecule has 1 saturated heterocycles. The zero-order valence-electron chi connectivity index (χ0n) is 8.40. The van der Waals surface area contributed by atoms with Crippen LogP contribution in [0.5, 0.6) is 0 Å². The summed E-state index contributed by atoms with van der Waals surface area (Å²) in [5.41, 5.74) is 1.41. The average Bonchev–Trinajstić information content (AvgIpc) is 2.57. The summed E-state index contributed by atoms with van der Waals surface area (Å²) in [5.74, 6) is 1.21. The van der Waals surface area contributed by atoms with E-state index in [4.69, 9.17) is 0 Å². The van der Waals surface area contributed by atoms with E-state index < -0.39 is 0 Å². The molecule has 3 nitrogen and oxygen atoms in total. The number of pyridine rings is 1. The Labute approximate surface area is 84.1 Å². The fraction of sp³-hybridized carbons (Fsp3) is 0.545. The highest BCUT2D eigenvalue weighted by Gasteiger charge is 2.35. The lowest BCUT2D eigenvalue weighted by Gasteiger charge is -2.37. The summed E-state index contributed by atoms with van der Waals surface area (Å²) in [6, 6.07) is 5.44. The molecule has 0 aliphatic carbocycles. The molecule has 1 aromatic heterocycles. The summed E-state index contributed by atoms with van der Waals surface area (Å²) in [7, 11) is 0. The van der Waals surface area contributed by atoms with E-state index in [2.05, 4.69) is 28.2 Å². The van der Waals surface area contributed by atoms with Crippen LogP contribution >= 0.6 is 0 Å². The van der Waals surface area contributed by atoms with Crippen LogP contribution in [-0.4, -0.2) is 30.2 Å². The first kappa shape index (κ1) is 8.24. The van der Waals surface area contributed by atoms with Crippen molar-refractivity contribution in [2.24, 2.45) is 0 Å². The molecule has 0 radical (unpaired) electrons. The highest BCUT2D eigenvalue weighted by molar-refractivity contribution is 5.55. The fourth-order valence-electron chi connectivity index (χ4n) is 2.64. The summed E-state index contributed by atoms with van der Waals surface area (Å²) in [4.78, 5) is 6.97. The van der Waals surface area contributed by atoms with Gasteiger partial charge in [-0.1, -0.05) is 6.07 Å². The van der Waals surface area contributed by atoms with E-state index >= 15 is 0 Å². The van der Waals surface area contributed by atoms with Crippen molar-refractivity contribution < 1.29 is 0 Å². The molecule has 74 valence electrons. The maximum absolute atomic E-state index is 4.49. The number of piperazine rings is 1. The lowest BCUT2D eigenvalue weighted by atomic mass is 10.1. The molecular weight excluding hydrogens is 174 g/mol. The fourth-order valence-corrected chi connectivity index (χ4v) is 2.64. The number of anilines is 1. The van der Waals surface area contributed by atoms with Crippen molar-refractivity contribution in [1.82, 2.24) is 10.3 Å². The van der Waals surface area contributed by atoms with E-state index in [9.17, 15) is 0 Å². The maximum atomic E-state index is 4.49. The van der Waals surface area contributed by atoms with Crippen LogP contribution in [0, 0.1) is 0 Å². The van der Waals surface area contributed by atoms with Gasteiger partial charge in [0.2, 0.25) is 0 Å². The van der Waals surface area contributed by atoms with Crippen LogP contribution in [0.15, 0.2) is 18.3 Å². The SMILES string of the molecule is C[C@@H]1CNC[C@H]2Cc3cccnc3N21. The molecule has 3 rings (SSSR count). The van der Waals surface area contributed by atoms with Crippen molar-refractivity contribution in [2.45, 2.75) is 25.4 Å². The van der Waals surface area contributed by atoms with E-state index in [0.717, 1.165) is 19.5 Å². The second-order valence-electron chi connectivity index (χ2n) is 4.26. The predicted molar refractivity (Wildman–Crippen MR) is 56.5 cm³/mol. The number of nitrogens with zero attached hydrogens (tertiary/aromatic N) is 2. The van der Waals surface area contributed by atoms with Crippen LogP contribution in [0.2, 0.25) is 0 Å². The first-order valence-electron chi connectivity index (χ1n) is 5.29. The Hall–Kier alpha value is -1.09. The first-order chi connectivity index (χ1) is 6.86. The molecule has 0 spiro atoms. The molecule has 0 aromatic carbocycles. The summed E-state index contributed by atoms with van der Waals surface area (Å²) in [6.45, 7) is 4.44. The van der Waals surface area contributed by atoms with E-state index in [1.807, 2.05) is 12.3 Å². The van der Waals surface area contributed by atoms with E-state index in [1.54, 1.807) is 0 Å². The van der Waals surface area contributed by atoms with Gasteiger partial charge in [-0.2, -0.15) is 0 Å². The van der Waals surface area contributed by atoms with Gasteiger partial charge in [-0.05, 0) is 25.0 Å². The smallest absolute Gasteiger partial charge is 0.132 e. The molecule has 0 amide bonds. The Kier molecular flexibility index (Phi) is 1.74. The number of nitrogens with one attached hydrogen (secondary N) is 1. The van der Waals surface area contributed by atoms with Crippen molar-refractivity contribution in [1.29, 1.82) is 0 Å². The normalized spacial score (nSPS) is 29.9. The largest absolute Gasteiger partial charge is 0.348 e. The van der Waals surface area contributed by atoms with Gasteiger partial charge in [0.05, 0.1) is 0 Å². The maximum Gasteiger partial charge on any atom is 0.132 e. The third-order valence-electron chi connectivity index (χ3n) is 3.26. The summed E-state index contributed by atoms with van der Waals surface area (Å²) in [6.07, 6.45) is 3.05. The van der Waals surface area contributed by atoms with Crippen LogP contribution in [0.4, 0.5) is 5.82 Å². The second-order valence-corrected chi connectivity index (χ2v) is 4.26. The zero-order chi connectivity index (χ0) is 9.54. The topological polar surface area (TPSA) is 28.2 Å². The number of rotatable bonds is 0. The quantitative estimate of drug-likeness (QED) is 0.654. The summed E-state index contributed by atoms with van der Waals surface area (Å²) >= 11 is 0. The van der Waals surface area contributed by atoms with Gasteiger partial charge in [-0.25, -0.2) is 4.98 Å². The standard InChI is InChI=1S/C11H15N3/c1-8-6-12-7-10-5-9-3-2-4-13-11(9)14(8)10/h2-4,8,10,12H,5-7H2,1H3/t8-,10-/m1/s1. The third-order valence-corrected chi connectivity index (χ3v) is 3.26. The summed E-state index contributed by atoms with van der Waals surface area (Å²) < 4.78 is 0. The number of hydrogen-bond donors (Lipinski definition) is 1. The van der Waals surface area contributed by atoms with Gasteiger partial charge in [0, 0.05) is 31.4 Å². The number of aromatic nitrogens is 1. The van der Waals surface area contributed by atoms with Gasteiger partial charge in [0.1, 0.15) is 5.82 Å². The van der Waals surface area contributed by atoms with Gasteiger partial charge in [0.15, 0.2) is 0 Å². The lowest BCUT2D eigenvalue weighted by molar-refractivity contribution is 0.428. The highest BCUT2D eigenvalue weighted by atomic mass is 15.3. The Morgan fingerprint density at radius 3 is 3.36 bits per heavy atom. The van der Waals surface area contributed by atoms with Crippen LogP contribution in [0.3, 0.4) is 0 Å². The Balaban J connectivity index is 2.03. The van der Waals surface area contributed by atoms with Crippen LogP contribution in [0.1, 0.15) is 12.5 Å². The zero-order valence-corrected chi connectivity index (χ0v) is 8.40. The van der Waals surface area contributed by atoms with Crippen molar-refractivity contribution in [3.05, 3.63) is 23.9 Å². The van der Waals surface area contributed by atoms with Crippen LogP contribution in [-0.2, 0) is 6.42 Å². The molecule has 0 unspecified atom stereocenters. The Morgan fingerprint density at radius 1 is 1.50 bits per heavy atom. The molecule has 2 atom stereocenters. The molecule has 2 aliphatic rings. The minimum Gasteiger partial charge on any atom is -0.348 e. The minimum atomic E-state index is 0.574. The van der Waals surface area contributed by atoms with Gasteiger partial charge in [-0.15, -0.1) is 0 Å². The van der Waals surface area contributed by atoms with Crippen molar-refractivity contribution >= 4 is 5.82 Å². The van der Waals surface area contributed by atoms with Crippen LogP contribution in [0.25, 0.3) is 0 Å². The Bertz CT molecular complexity index is 350. The molecule has 0 saturated carbocycles. The molecule has 2 aliphatic heterocycles. The molecule has 1 N–H and O–H groups in total. The second kappa shape index (κ2) is 2.95. The van der Waals surface area contributed by atoms with Crippen LogP contribution < -0.4 is 10.2 Å². The van der Waals surface area contributed by atoms with Crippen molar-refractivity contribution in [3.63, 3.8) is 0 Å². The molecule has 1 aromatic rings. The third kappa shape index (κ3) is 1.05. The molecular formula is C11H15N3. The molecule has 0 bridgehead atoms. The minimum absolute atomic E-state index is 0.574. The van der Waals surface area contributed by atoms with E-state index in [1.165, 1.54) is 11.4 Å². The molecule has 3 heteroatoms. The lowest BCUT2D eigenvalue weighted by Crippen LogP contribution is -2.55. The average molecular weight is 189 g/mol. The van der Waals surface area contributed by atoms with Gasteiger partial charge in [-0.3, -0.25) is 0 Å². The highest BCUT2D eigenvalue weighted by Crippen LogP contribution is 2.32. The van der Waals surface area contributed by atoms with Gasteiger partial charge in [0.25, 0.3) is 0 Å². The monoisotopic (exact) mass is 189 g/mol. The van der Waals surface area contributed by atoms with E-state index in [0.29, 0.717) is 12.1 Å². The van der Waals surface area contributed by atoms with Crippen molar-refractivity contribution in [2.75, 3.05) is 18.0 Å². The van der Waals surface area contributed by atoms with Gasteiger partial charge >= 0.3 is 0 Å². The molecule has 3 heterocycles. The Morgan fingerprint density at radius 2 is 2.43 bits per heavy atom. The number of hydrogen-bond acceptors (Lipinski definition) is 3. The summed E-state index contributed by atoms with van der Waals surface area (Å²) in [5, 5.41) is 3.47.